The van der Waals surface area contributed by atoms with Crippen LogP contribution in [0, 0.1) is 12.8 Å². The van der Waals surface area contributed by atoms with Crippen molar-refractivity contribution in [1.29, 1.82) is 0 Å². The second kappa shape index (κ2) is 27.4. The van der Waals surface area contributed by atoms with Crippen LogP contribution in [0.1, 0.15) is 89.5 Å². The summed E-state index contributed by atoms with van der Waals surface area (Å²) in [7, 11) is 8.29. The van der Waals surface area contributed by atoms with Gasteiger partial charge in [-0.25, -0.2) is 14.6 Å². The number of likely N-dealkylation sites (tertiary alicyclic amines) is 1. The second-order valence-electron chi connectivity index (χ2n) is 22.2. The average Bonchev–Trinajstić information content (AvgIpc) is 4.09. The van der Waals surface area contributed by atoms with Gasteiger partial charge in [-0.05, 0) is 88.7 Å². The number of carbonyl (C=O) groups excluding carboxylic acids is 6. The van der Waals surface area contributed by atoms with Crippen LogP contribution in [0.15, 0.2) is 66.3 Å². The SMILES string of the molecule is CNN(C)Cc1cc2ccccc2n1CCC(=O)N1CCC(N(CCOCCO)C(=O)CCC(=O)N(C)[C@@H](C)C(=O)O[C@H]2CC(=O)N(C)c3cc(cc(C)c3Cl)C/C(C)=C/C=C/[C@@H](OC)[C@@]3(O)C[C@H](OC(=O)N3)[C@@H](C)C3O[C@]32C)CC1. The van der Waals surface area contributed by atoms with Crippen LogP contribution in [-0.4, -0.2) is 193 Å². The molecular weight excluding hydrogens is 1060 g/mol. The lowest BCUT2D eigenvalue weighted by Gasteiger charge is -2.42. The first kappa shape index (κ1) is 62.7. The molecule has 0 spiro atoms. The third-order valence-corrected chi connectivity index (χ3v) is 17.1. The highest BCUT2D eigenvalue weighted by Crippen LogP contribution is 2.49. The van der Waals surface area contributed by atoms with E-state index in [1.54, 1.807) is 37.9 Å². The summed E-state index contributed by atoms with van der Waals surface area (Å²) in [4.78, 5) is 89.8. The minimum Gasteiger partial charge on any atom is -0.457 e. The molecule has 444 valence electrons. The highest BCUT2D eigenvalue weighted by atomic mass is 35.5. The molecule has 3 saturated heterocycles. The number of ether oxygens (including phenoxy) is 5. The third-order valence-electron chi connectivity index (χ3n) is 16.6. The number of aromatic nitrogens is 1. The van der Waals surface area contributed by atoms with Crippen molar-refractivity contribution in [3.8, 4) is 0 Å². The first-order chi connectivity index (χ1) is 38.5. The number of rotatable bonds is 19. The number of hydrogen-bond acceptors (Lipinski definition) is 15. The molecule has 8 atom stereocenters. The van der Waals surface area contributed by atoms with E-state index in [-0.39, 0.29) is 69.9 Å². The number of nitrogens with zero attached hydrogens (tertiary/aromatic N) is 6. The number of hydrazine groups is 1. The van der Waals surface area contributed by atoms with Gasteiger partial charge in [0, 0.05) is 103 Å². The lowest BCUT2D eigenvalue weighted by atomic mass is 9.83. The maximum absolute atomic E-state index is 14.5. The van der Waals surface area contributed by atoms with E-state index in [0.29, 0.717) is 62.6 Å². The van der Waals surface area contributed by atoms with E-state index < -0.39 is 71.6 Å². The van der Waals surface area contributed by atoms with Gasteiger partial charge in [-0.2, -0.15) is 0 Å². The number of nitrogens with one attached hydrogen (secondary N) is 2. The number of epoxide rings is 1. The lowest BCUT2D eigenvalue weighted by molar-refractivity contribution is -0.162. The van der Waals surface area contributed by atoms with Gasteiger partial charge in [-0.1, -0.05) is 66.6 Å². The fourth-order valence-corrected chi connectivity index (χ4v) is 11.6. The number of allylic oxidation sites excluding steroid dienone is 3. The Morgan fingerprint density at radius 1 is 1.02 bits per heavy atom. The number of methoxy groups -OCH3 is 1. The van der Waals surface area contributed by atoms with E-state index in [0.717, 1.165) is 33.3 Å². The van der Waals surface area contributed by atoms with Crippen molar-refractivity contribution < 1.29 is 62.7 Å². The van der Waals surface area contributed by atoms with Crippen molar-refractivity contribution in [3.63, 3.8) is 0 Å². The van der Waals surface area contributed by atoms with Crippen molar-refractivity contribution >= 4 is 63.9 Å². The number of aliphatic hydroxyl groups is 2. The average molecular weight is 1150 g/mol. The number of anilines is 1. The number of aliphatic hydroxyl groups excluding tert-OH is 1. The number of esters is 1. The van der Waals surface area contributed by atoms with Gasteiger partial charge in [-0.15, -0.1) is 0 Å². The molecule has 81 heavy (non-hydrogen) atoms. The molecule has 4 aliphatic rings. The Hall–Kier alpha value is -5.91. The van der Waals surface area contributed by atoms with Crippen LogP contribution in [0.2, 0.25) is 5.02 Å². The molecular formula is C59H83ClN8O13. The fraction of sp³-hybridized carbons (Fsp3) is 0.593. The van der Waals surface area contributed by atoms with Gasteiger partial charge in [0.1, 0.15) is 30.0 Å². The zero-order valence-electron chi connectivity index (χ0n) is 48.6. The van der Waals surface area contributed by atoms with Crippen molar-refractivity contribution in [1.82, 2.24) is 35.0 Å². The molecule has 5 amide bonds. The van der Waals surface area contributed by atoms with Crippen LogP contribution in [0.3, 0.4) is 0 Å². The van der Waals surface area contributed by atoms with E-state index in [9.17, 15) is 39.0 Å². The van der Waals surface area contributed by atoms with Crippen molar-refractivity contribution in [3.05, 3.63) is 88.1 Å². The quantitative estimate of drug-likeness (QED) is 0.0533. The Balaban J connectivity index is 1.01. The Labute approximate surface area is 480 Å². The monoisotopic (exact) mass is 1150 g/mol. The molecule has 0 radical (unpaired) electrons. The number of fused-ring (bicyclic) bond motifs is 6. The van der Waals surface area contributed by atoms with Gasteiger partial charge in [0.15, 0.2) is 5.72 Å². The number of hydrogen-bond donors (Lipinski definition) is 4. The molecule has 3 fully saturated rings. The molecule has 5 heterocycles. The predicted molar refractivity (Wildman–Crippen MR) is 305 cm³/mol. The molecule has 7 rings (SSSR count). The fourth-order valence-electron chi connectivity index (χ4n) is 11.4. The first-order valence-corrected chi connectivity index (χ1v) is 28.4. The maximum atomic E-state index is 14.5. The largest absolute Gasteiger partial charge is 0.457 e. The number of likely N-dealkylation sites (N-methyl/N-ethyl adjacent to an activating group) is 1. The number of aryl methyl sites for hydroxylation is 2. The van der Waals surface area contributed by atoms with Gasteiger partial charge in [-0.3, -0.25) is 29.9 Å². The topological polar surface area (TPSA) is 238 Å². The normalized spacial score (nSPS) is 26.0. The molecule has 3 aromatic rings. The Morgan fingerprint density at radius 3 is 2.44 bits per heavy atom. The Morgan fingerprint density at radius 2 is 1.74 bits per heavy atom. The summed E-state index contributed by atoms with van der Waals surface area (Å²) < 4.78 is 31.8. The van der Waals surface area contributed by atoms with E-state index in [1.807, 2.05) is 68.2 Å². The number of carbonyl (C=O) groups is 6. The lowest BCUT2D eigenvalue weighted by Crippen LogP contribution is -2.63. The summed E-state index contributed by atoms with van der Waals surface area (Å²) in [6, 6.07) is 12.6. The second-order valence-corrected chi connectivity index (χ2v) is 22.6. The van der Waals surface area contributed by atoms with Crippen LogP contribution >= 0.6 is 11.6 Å². The van der Waals surface area contributed by atoms with E-state index in [2.05, 4.69) is 33.5 Å². The summed E-state index contributed by atoms with van der Waals surface area (Å²) in [6.45, 7) is 11.1. The van der Waals surface area contributed by atoms with Crippen molar-refractivity contribution in [2.24, 2.45) is 5.92 Å². The van der Waals surface area contributed by atoms with Gasteiger partial charge in [0.05, 0.1) is 49.6 Å². The number of amides is 5. The molecule has 1 aromatic heterocycles. The minimum atomic E-state index is -1.87. The summed E-state index contributed by atoms with van der Waals surface area (Å²) in [5.41, 5.74) is 5.12. The maximum Gasteiger partial charge on any atom is 0.409 e. The zero-order valence-corrected chi connectivity index (χ0v) is 49.3. The summed E-state index contributed by atoms with van der Waals surface area (Å²) in [5, 5.41) is 27.3. The number of piperidine rings is 1. The number of alkyl carbamates (subject to hydrolysis) is 1. The van der Waals surface area contributed by atoms with E-state index >= 15 is 0 Å². The first-order valence-electron chi connectivity index (χ1n) is 28.0. The highest BCUT2D eigenvalue weighted by molar-refractivity contribution is 6.34. The summed E-state index contributed by atoms with van der Waals surface area (Å²) in [5.74, 6) is -2.65. The van der Waals surface area contributed by atoms with Crippen molar-refractivity contribution in [2.45, 2.75) is 147 Å². The standard InChI is InChI=1S/C59H83ClN8O13/c1-37-14-13-17-48(77-10)59(76)35-47(79-57(75)62-59)39(3)55-58(5,81-55)49(34-53(73)65(9)46-32-41(30-37)31-38(2)54(46)60)80-56(74)40(4)64(8)50(70)18-19-52(72)68(26-28-78-29-27-69)43-20-23-66(24-21-43)51(71)22-25-67-44(36-63(7)61-6)33-42-15-11-12-16-45(42)67/h11-17,31-33,39-40,43,47-49,55,61,69,76H,18-30,34-36H2,1-10H3,(H,62,75)/b17-13+,37-14+/t39-,40+,47+,48-,49+,55?,58+,59+/m1/s1. The smallest absolute Gasteiger partial charge is 0.409 e. The van der Waals surface area contributed by atoms with Crippen LogP contribution in [0.4, 0.5) is 10.5 Å². The van der Waals surface area contributed by atoms with Gasteiger partial charge in [0.25, 0.3) is 0 Å². The molecule has 4 N–H and O–H groups in total. The van der Waals surface area contributed by atoms with Gasteiger partial charge < -0.3 is 58.1 Å². The molecule has 0 aliphatic carbocycles. The Bertz CT molecular complexity index is 2820. The molecule has 1 unspecified atom stereocenters. The van der Waals surface area contributed by atoms with Crippen LogP contribution < -0.4 is 15.6 Å². The van der Waals surface area contributed by atoms with Crippen LogP contribution in [0.25, 0.3) is 10.9 Å². The van der Waals surface area contributed by atoms with E-state index in [4.69, 9.17) is 35.3 Å². The summed E-state index contributed by atoms with van der Waals surface area (Å²) in [6.07, 6.45) is 1.55. The molecule has 4 bridgehead atoms. The van der Waals surface area contributed by atoms with Gasteiger partial charge in [0.2, 0.25) is 23.6 Å². The molecule has 4 aliphatic heterocycles. The van der Waals surface area contributed by atoms with Gasteiger partial charge >= 0.3 is 12.1 Å². The Kier molecular flexibility index (Phi) is 21.2. The summed E-state index contributed by atoms with van der Waals surface area (Å²) >= 11 is 6.87. The number of para-hydroxylation sites is 1. The highest BCUT2D eigenvalue weighted by Gasteiger charge is 2.64. The molecule has 21 nitrogen and oxygen atoms in total. The molecule has 22 heteroatoms. The van der Waals surface area contributed by atoms with E-state index in [1.165, 1.54) is 30.9 Å². The predicted octanol–water partition coefficient (Wildman–Crippen LogP) is 5.03. The zero-order chi connectivity index (χ0) is 58.9. The number of benzene rings is 2. The molecule has 0 saturated carbocycles. The van der Waals surface area contributed by atoms with Crippen LogP contribution in [0.5, 0.6) is 0 Å². The number of halogens is 1. The minimum absolute atomic E-state index is 0.0237. The van der Waals surface area contributed by atoms with Crippen LogP contribution in [-0.2, 0) is 67.2 Å². The third kappa shape index (κ3) is 15.0. The molecule has 2 aromatic carbocycles. The van der Waals surface area contributed by atoms with Crippen molar-refractivity contribution in [2.75, 3.05) is 79.7 Å².